The van der Waals surface area contributed by atoms with Crippen molar-refractivity contribution in [3.05, 3.63) is 64.7 Å². The van der Waals surface area contributed by atoms with Crippen LogP contribution in [0.5, 0.6) is 0 Å². The van der Waals surface area contributed by atoms with Gasteiger partial charge in [0.15, 0.2) is 0 Å². The highest BCUT2D eigenvalue weighted by Crippen LogP contribution is 2.22. The third-order valence-electron chi connectivity index (χ3n) is 3.50. The maximum absolute atomic E-state index is 12.1. The first-order valence-corrected chi connectivity index (χ1v) is 7.34. The van der Waals surface area contributed by atoms with Crippen LogP contribution in [0, 0.1) is 0 Å². The van der Waals surface area contributed by atoms with Gasteiger partial charge in [0.1, 0.15) is 0 Å². The maximum Gasteiger partial charge on any atom is 0.254 e. The van der Waals surface area contributed by atoms with E-state index in [0.29, 0.717) is 28.7 Å². The molecule has 0 saturated heterocycles. The summed E-state index contributed by atoms with van der Waals surface area (Å²) in [5, 5.41) is 3.26. The lowest BCUT2D eigenvalue weighted by molar-refractivity contribution is 0.0953. The van der Waals surface area contributed by atoms with Crippen molar-refractivity contribution in [1.82, 2.24) is 5.32 Å². The number of halogens is 1. The van der Waals surface area contributed by atoms with Gasteiger partial charge in [0.2, 0.25) is 0 Å². The SMILES string of the molecule is CC(CCNC(=O)c1c(N)cccc1Cl)c1ccccc1. The second-order valence-electron chi connectivity index (χ2n) is 5.06. The van der Waals surface area contributed by atoms with E-state index in [1.54, 1.807) is 18.2 Å². The number of nitrogens with one attached hydrogen (secondary N) is 1. The molecule has 0 heterocycles. The second kappa shape index (κ2) is 7.14. The molecular weight excluding hydrogens is 284 g/mol. The van der Waals surface area contributed by atoms with Crippen LogP contribution in [0.25, 0.3) is 0 Å². The fourth-order valence-corrected chi connectivity index (χ4v) is 2.49. The Kier molecular flexibility index (Phi) is 5.23. The van der Waals surface area contributed by atoms with Crippen LogP contribution in [0.3, 0.4) is 0 Å². The molecule has 2 aromatic rings. The number of nitrogen functional groups attached to an aromatic ring is 1. The number of rotatable bonds is 5. The van der Waals surface area contributed by atoms with Crippen molar-refractivity contribution >= 4 is 23.2 Å². The van der Waals surface area contributed by atoms with Crippen LogP contribution < -0.4 is 11.1 Å². The Morgan fingerprint density at radius 3 is 2.57 bits per heavy atom. The van der Waals surface area contributed by atoms with Crippen LogP contribution >= 0.6 is 11.6 Å². The molecule has 0 aromatic heterocycles. The zero-order chi connectivity index (χ0) is 15.2. The van der Waals surface area contributed by atoms with Crippen LogP contribution in [0.1, 0.15) is 35.2 Å². The number of hydrogen-bond donors (Lipinski definition) is 2. The summed E-state index contributed by atoms with van der Waals surface area (Å²) < 4.78 is 0. The van der Waals surface area contributed by atoms with E-state index in [0.717, 1.165) is 6.42 Å². The van der Waals surface area contributed by atoms with E-state index in [2.05, 4.69) is 24.4 Å². The van der Waals surface area contributed by atoms with Crippen molar-refractivity contribution in [3.8, 4) is 0 Å². The molecule has 3 N–H and O–H groups in total. The number of amides is 1. The largest absolute Gasteiger partial charge is 0.398 e. The third kappa shape index (κ3) is 3.99. The number of carbonyl (C=O) groups excluding carboxylic acids is 1. The van der Waals surface area contributed by atoms with Gasteiger partial charge in [-0.15, -0.1) is 0 Å². The van der Waals surface area contributed by atoms with Gasteiger partial charge in [-0.25, -0.2) is 0 Å². The topological polar surface area (TPSA) is 55.1 Å². The van der Waals surface area contributed by atoms with Crippen molar-refractivity contribution in [2.75, 3.05) is 12.3 Å². The number of benzene rings is 2. The molecule has 1 unspecified atom stereocenters. The Hall–Kier alpha value is -2.00. The van der Waals surface area contributed by atoms with Crippen molar-refractivity contribution < 1.29 is 4.79 Å². The summed E-state index contributed by atoms with van der Waals surface area (Å²) in [7, 11) is 0. The minimum atomic E-state index is -0.224. The van der Waals surface area contributed by atoms with Crippen molar-refractivity contribution in [2.24, 2.45) is 0 Å². The van der Waals surface area contributed by atoms with Gasteiger partial charge < -0.3 is 11.1 Å². The Balaban J connectivity index is 1.90. The first kappa shape index (κ1) is 15.4. The van der Waals surface area contributed by atoms with Gasteiger partial charge in [-0.05, 0) is 30.0 Å². The minimum Gasteiger partial charge on any atom is -0.398 e. The normalized spacial score (nSPS) is 11.9. The molecule has 21 heavy (non-hydrogen) atoms. The lowest BCUT2D eigenvalue weighted by atomic mass is 9.98. The van der Waals surface area contributed by atoms with E-state index < -0.39 is 0 Å². The van der Waals surface area contributed by atoms with E-state index in [-0.39, 0.29) is 5.91 Å². The predicted molar refractivity (Wildman–Crippen MR) is 87.7 cm³/mol. The highest BCUT2D eigenvalue weighted by atomic mass is 35.5. The first-order valence-electron chi connectivity index (χ1n) is 6.96. The van der Waals surface area contributed by atoms with Gasteiger partial charge >= 0.3 is 0 Å². The summed E-state index contributed by atoms with van der Waals surface area (Å²) in [4.78, 5) is 12.1. The Labute approximate surface area is 130 Å². The first-order chi connectivity index (χ1) is 10.1. The van der Waals surface area contributed by atoms with Gasteiger partial charge in [0.05, 0.1) is 10.6 Å². The van der Waals surface area contributed by atoms with E-state index in [9.17, 15) is 4.79 Å². The highest BCUT2D eigenvalue weighted by Gasteiger charge is 2.13. The van der Waals surface area contributed by atoms with Crippen LogP contribution in [-0.4, -0.2) is 12.5 Å². The quantitative estimate of drug-likeness (QED) is 0.824. The van der Waals surface area contributed by atoms with Gasteiger partial charge in [-0.2, -0.15) is 0 Å². The molecule has 0 spiro atoms. The molecule has 2 rings (SSSR count). The Morgan fingerprint density at radius 1 is 1.19 bits per heavy atom. The number of carbonyl (C=O) groups is 1. The standard InChI is InChI=1S/C17H19ClN2O/c1-12(13-6-3-2-4-7-13)10-11-20-17(21)16-14(18)8-5-9-15(16)19/h2-9,12H,10-11,19H2,1H3,(H,20,21). The van der Waals surface area contributed by atoms with Crippen LogP contribution in [0.4, 0.5) is 5.69 Å². The van der Waals surface area contributed by atoms with E-state index in [4.69, 9.17) is 17.3 Å². The predicted octanol–water partition coefficient (Wildman–Crippen LogP) is 3.85. The van der Waals surface area contributed by atoms with Crippen LogP contribution in [0.15, 0.2) is 48.5 Å². The molecule has 0 aliphatic carbocycles. The molecule has 1 amide bonds. The van der Waals surface area contributed by atoms with E-state index in [1.807, 2.05) is 18.2 Å². The van der Waals surface area contributed by atoms with Gasteiger partial charge in [-0.3, -0.25) is 4.79 Å². The second-order valence-corrected chi connectivity index (χ2v) is 5.47. The number of anilines is 1. The molecule has 0 aliphatic heterocycles. The molecule has 2 aromatic carbocycles. The molecule has 0 bridgehead atoms. The van der Waals surface area contributed by atoms with Crippen molar-refractivity contribution in [1.29, 1.82) is 0 Å². The third-order valence-corrected chi connectivity index (χ3v) is 3.82. The van der Waals surface area contributed by atoms with Gasteiger partial charge in [0.25, 0.3) is 5.91 Å². The fraction of sp³-hybridized carbons (Fsp3) is 0.235. The van der Waals surface area contributed by atoms with Crippen LogP contribution in [-0.2, 0) is 0 Å². The summed E-state index contributed by atoms with van der Waals surface area (Å²) in [5.74, 6) is 0.161. The summed E-state index contributed by atoms with van der Waals surface area (Å²) in [6, 6.07) is 15.3. The Morgan fingerprint density at radius 2 is 1.90 bits per heavy atom. The smallest absolute Gasteiger partial charge is 0.254 e. The molecule has 0 aliphatic rings. The van der Waals surface area contributed by atoms with E-state index in [1.165, 1.54) is 5.56 Å². The molecule has 1 atom stereocenters. The Bertz CT molecular complexity index is 593. The van der Waals surface area contributed by atoms with Crippen molar-refractivity contribution in [2.45, 2.75) is 19.3 Å². The van der Waals surface area contributed by atoms with Crippen LogP contribution in [0.2, 0.25) is 5.02 Å². The molecular formula is C17H19ClN2O. The monoisotopic (exact) mass is 302 g/mol. The highest BCUT2D eigenvalue weighted by molar-refractivity contribution is 6.34. The maximum atomic E-state index is 12.1. The molecule has 110 valence electrons. The average molecular weight is 303 g/mol. The number of hydrogen-bond acceptors (Lipinski definition) is 2. The summed E-state index contributed by atoms with van der Waals surface area (Å²) in [6.45, 7) is 2.73. The fourth-order valence-electron chi connectivity index (χ4n) is 2.22. The molecule has 0 radical (unpaired) electrons. The minimum absolute atomic E-state index is 0.224. The number of nitrogens with two attached hydrogens (primary N) is 1. The lowest BCUT2D eigenvalue weighted by Gasteiger charge is -2.13. The summed E-state index contributed by atoms with van der Waals surface area (Å²) >= 11 is 6.02. The average Bonchev–Trinajstić information content (AvgIpc) is 2.48. The molecule has 3 nitrogen and oxygen atoms in total. The van der Waals surface area contributed by atoms with Gasteiger partial charge in [0, 0.05) is 12.2 Å². The molecule has 0 fully saturated rings. The summed E-state index contributed by atoms with van der Waals surface area (Å²) in [5.41, 5.74) is 7.82. The van der Waals surface area contributed by atoms with Crippen molar-refractivity contribution in [3.63, 3.8) is 0 Å². The molecule has 4 heteroatoms. The molecule has 0 saturated carbocycles. The zero-order valence-electron chi connectivity index (χ0n) is 12.0. The zero-order valence-corrected chi connectivity index (χ0v) is 12.7. The summed E-state index contributed by atoms with van der Waals surface area (Å²) in [6.07, 6.45) is 0.861. The van der Waals surface area contributed by atoms with Gasteiger partial charge in [-0.1, -0.05) is 54.9 Å². The lowest BCUT2D eigenvalue weighted by Crippen LogP contribution is -2.26. The van der Waals surface area contributed by atoms with E-state index >= 15 is 0 Å².